The second kappa shape index (κ2) is 8.03. The number of benzene rings is 1. The van der Waals surface area contributed by atoms with Gasteiger partial charge in [-0.25, -0.2) is 0 Å². The van der Waals surface area contributed by atoms with Crippen LogP contribution in [0.4, 0.5) is 5.69 Å². The number of anilines is 1. The molecule has 1 aliphatic heterocycles. The molecular weight excluding hydrogens is 264 g/mol. The highest BCUT2D eigenvalue weighted by atomic mass is 16.5. The Labute approximate surface area is 127 Å². The summed E-state index contributed by atoms with van der Waals surface area (Å²) in [6.45, 7) is 8.20. The lowest BCUT2D eigenvalue weighted by Crippen LogP contribution is -2.53. The van der Waals surface area contributed by atoms with Gasteiger partial charge in [-0.05, 0) is 25.5 Å². The summed E-state index contributed by atoms with van der Waals surface area (Å²) in [6, 6.07) is 10.4. The second-order valence-corrected chi connectivity index (χ2v) is 5.42. The average Bonchev–Trinajstić information content (AvgIpc) is 2.54. The molecule has 0 spiro atoms. The third-order valence-electron chi connectivity index (χ3n) is 4.00. The van der Waals surface area contributed by atoms with E-state index in [1.54, 1.807) is 0 Å². The first-order chi connectivity index (χ1) is 10.3. The Morgan fingerprint density at radius 2 is 1.81 bits per heavy atom. The normalized spacial score (nSPS) is 17.5. The minimum atomic E-state index is -0.0760. The van der Waals surface area contributed by atoms with E-state index in [0.29, 0.717) is 6.61 Å². The summed E-state index contributed by atoms with van der Waals surface area (Å²) in [5.74, 6) is -0.0625. The minimum absolute atomic E-state index is 0.0625. The van der Waals surface area contributed by atoms with E-state index in [-0.39, 0.29) is 12.0 Å². The van der Waals surface area contributed by atoms with E-state index in [1.807, 2.05) is 13.0 Å². The van der Waals surface area contributed by atoms with Crippen molar-refractivity contribution < 1.29 is 9.53 Å². The average molecular weight is 290 g/mol. The van der Waals surface area contributed by atoms with Crippen LogP contribution in [0.3, 0.4) is 0 Å². The van der Waals surface area contributed by atoms with E-state index in [0.717, 1.165) is 39.0 Å². The molecule has 21 heavy (non-hydrogen) atoms. The third-order valence-corrected chi connectivity index (χ3v) is 4.00. The molecule has 1 aliphatic rings. The van der Waals surface area contributed by atoms with Gasteiger partial charge in [0.15, 0.2) is 0 Å². The Kier molecular flexibility index (Phi) is 6.05. The SMILES string of the molecule is CCCC(C(=O)OCC)N1CCN(c2ccccc2)CC1. The van der Waals surface area contributed by atoms with Crippen LogP contribution in [0.5, 0.6) is 0 Å². The van der Waals surface area contributed by atoms with Crippen LogP contribution in [0.25, 0.3) is 0 Å². The Bertz CT molecular complexity index is 428. The summed E-state index contributed by atoms with van der Waals surface area (Å²) < 4.78 is 5.23. The van der Waals surface area contributed by atoms with Crippen LogP contribution < -0.4 is 4.90 Å². The number of nitrogens with zero attached hydrogens (tertiary/aromatic N) is 2. The Morgan fingerprint density at radius 3 is 2.38 bits per heavy atom. The molecule has 4 nitrogen and oxygen atoms in total. The molecule has 1 saturated heterocycles. The van der Waals surface area contributed by atoms with Crippen molar-refractivity contribution in [3.63, 3.8) is 0 Å². The lowest BCUT2D eigenvalue weighted by molar-refractivity contribution is -0.150. The van der Waals surface area contributed by atoms with Crippen LogP contribution >= 0.6 is 0 Å². The van der Waals surface area contributed by atoms with E-state index < -0.39 is 0 Å². The predicted molar refractivity (Wildman–Crippen MR) is 85.6 cm³/mol. The number of hydrogen-bond donors (Lipinski definition) is 0. The zero-order valence-electron chi connectivity index (χ0n) is 13.1. The standard InChI is InChI=1S/C17H26N2O2/c1-3-8-16(17(20)21-4-2)19-13-11-18(12-14-19)15-9-6-5-7-10-15/h5-7,9-10,16H,3-4,8,11-14H2,1-2H3. The smallest absolute Gasteiger partial charge is 0.323 e. The first-order valence-electron chi connectivity index (χ1n) is 7.97. The Morgan fingerprint density at radius 1 is 1.14 bits per heavy atom. The van der Waals surface area contributed by atoms with Crippen LogP contribution in [0.15, 0.2) is 30.3 Å². The molecular formula is C17H26N2O2. The molecule has 0 aliphatic carbocycles. The fraction of sp³-hybridized carbons (Fsp3) is 0.588. The van der Waals surface area contributed by atoms with Crippen molar-refractivity contribution in [2.75, 3.05) is 37.7 Å². The largest absolute Gasteiger partial charge is 0.465 e. The van der Waals surface area contributed by atoms with E-state index in [1.165, 1.54) is 5.69 Å². The molecule has 116 valence electrons. The molecule has 0 radical (unpaired) electrons. The Balaban J connectivity index is 1.93. The van der Waals surface area contributed by atoms with Crippen LogP contribution in [0.1, 0.15) is 26.7 Å². The van der Waals surface area contributed by atoms with Crippen LogP contribution in [0.2, 0.25) is 0 Å². The molecule has 0 aromatic heterocycles. The maximum absolute atomic E-state index is 12.1. The van der Waals surface area contributed by atoms with Crippen LogP contribution in [-0.4, -0.2) is 49.7 Å². The molecule has 0 saturated carbocycles. The molecule has 1 atom stereocenters. The lowest BCUT2D eigenvalue weighted by atomic mass is 10.1. The predicted octanol–water partition coefficient (Wildman–Crippen LogP) is 2.54. The van der Waals surface area contributed by atoms with Gasteiger partial charge in [-0.15, -0.1) is 0 Å². The van der Waals surface area contributed by atoms with Gasteiger partial charge in [0.05, 0.1) is 6.61 Å². The van der Waals surface area contributed by atoms with Crippen molar-refractivity contribution in [2.24, 2.45) is 0 Å². The van der Waals surface area contributed by atoms with Gasteiger partial charge in [0.1, 0.15) is 6.04 Å². The molecule has 0 N–H and O–H groups in total. The van der Waals surface area contributed by atoms with E-state index in [4.69, 9.17) is 4.74 Å². The minimum Gasteiger partial charge on any atom is -0.465 e. The summed E-state index contributed by atoms with van der Waals surface area (Å²) in [7, 11) is 0. The summed E-state index contributed by atoms with van der Waals surface area (Å²) in [5, 5.41) is 0. The molecule has 0 bridgehead atoms. The number of rotatable bonds is 6. The number of carbonyl (C=O) groups is 1. The topological polar surface area (TPSA) is 32.8 Å². The highest BCUT2D eigenvalue weighted by molar-refractivity contribution is 5.75. The summed E-state index contributed by atoms with van der Waals surface area (Å²) >= 11 is 0. The fourth-order valence-corrected chi connectivity index (χ4v) is 2.89. The number of hydrogen-bond acceptors (Lipinski definition) is 4. The van der Waals surface area contributed by atoms with Crippen LogP contribution in [-0.2, 0) is 9.53 Å². The van der Waals surface area contributed by atoms with Crippen molar-refractivity contribution in [3.05, 3.63) is 30.3 Å². The highest BCUT2D eigenvalue weighted by Gasteiger charge is 2.29. The van der Waals surface area contributed by atoms with Gasteiger partial charge in [0.25, 0.3) is 0 Å². The van der Waals surface area contributed by atoms with Crippen molar-refractivity contribution >= 4 is 11.7 Å². The molecule has 1 heterocycles. The molecule has 2 rings (SSSR count). The van der Waals surface area contributed by atoms with Gasteiger partial charge in [-0.2, -0.15) is 0 Å². The molecule has 1 unspecified atom stereocenters. The van der Waals surface area contributed by atoms with E-state index in [2.05, 4.69) is 41.0 Å². The zero-order chi connectivity index (χ0) is 15.1. The Hall–Kier alpha value is -1.55. The zero-order valence-corrected chi connectivity index (χ0v) is 13.1. The van der Waals surface area contributed by atoms with Crippen molar-refractivity contribution in [3.8, 4) is 0 Å². The number of piperazine rings is 1. The maximum Gasteiger partial charge on any atom is 0.323 e. The first-order valence-corrected chi connectivity index (χ1v) is 7.97. The maximum atomic E-state index is 12.1. The van der Waals surface area contributed by atoms with E-state index in [9.17, 15) is 4.79 Å². The number of carbonyl (C=O) groups excluding carboxylic acids is 1. The van der Waals surface area contributed by atoms with Gasteiger partial charge in [0.2, 0.25) is 0 Å². The molecule has 1 aromatic carbocycles. The fourth-order valence-electron chi connectivity index (χ4n) is 2.89. The highest BCUT2D eigenvalue weighted by Crippen LogP contribution is 2.18. The van der Waals surface area contributed by atoms with Gasteiger partial charge < -0.3 is 9.64 Å². The number of para-hydroxylation sites is 1. The third kappa shape index (κ3) is 4.21. The summed E-state index contributed by atoms with van der Waals surface area (Å²) in [4.78, 5) is 16.8. The van der Waals surface area contributed by atoms with Crippen molar-refractivity contribution in [1.29, 1.82) is 0 Å². The van der Waals surface area contributed by atoms with Crippen molar-refractivity contribution in [1.82, 2.24) is 4.90 Å². The second-order valence-electron chi connectivity index (χ2n) is 5.42. The monoisotopic (exact) mass is 290 g/mol. The van der Waals surface area contributed by atoms with E-state index >= 15 is 0 Å². The van der Waals surface area contributed by atoms with Crippen LogP contribution in [0, 0.1) is 0 Å². The van der Waals surface area contributed by atoms with Gasteiger partial charge in [0, 0.05) is 31.9 Å². The van der Waals surface area contributed by atoms with Gasteiger partial charge in [-0.1, -0.05) is 31.5 Å². The number of ether oxygens (including phenoxy) is 1. The number of esters is 1. The summed E-state index contributed by atoms with van der Waals surface area (Å²) in [6.07, 6.45) is 1.88. The molecule has 0 amide bonds. The quantitative estimate of drug-likeness (QED) is 0.754. The first kappa shape index (κ1) is 15.8. The molecule has 1 fully saturated rings. The van der Waals surface area contributed by atoms with Gasteiger partial charge >= 0.3 is 5.97 Å². The lowest BCUT2D eigenvalue weighted by Gasteiger charge is -2.39. The molecule has 4 heteroatoms. The molecule has 1 aromatic rings. The summed E-state index contributed by atoms with van der Waals surface area (Å²) in [5.41, 5.74) is 1.26. The van der Waals surface area contributed by atoms with Gasteiger partial charge in [-0.3, -0.25) is 9.69 Å². The van der Waals surface area contributed by atoms with Crippen molar-refractivity contribution in [2.45, 2.75) is 32.7 Å².